The molecule has 0 spiro atoms. The molecule has 4 aromatic rings. The van der Waals surface area contributed by atoms with Gasteiger partial charge in [-0.25, -0.2) is 14.5 Å². The van der Waals surface area contributed by atoms with E-state index < -0.39 is 6.03 Å². The number of aryl methyl sites for hydroxylation is 1. The number of anilines is 2. The lowest BCUT2D eigenvalue weighted by molar-refractivity contribution is 0.168. The summed E-state index contributed by atoms with van der Waals surface area (Å²) in [6, 6.07) is 15.7. The number of ether oxygens (including phenoxy) is 1. The van der Waals surface area contributed by atoms with Gasteiger partial charge in [0.15, 0.2) is 0 Å². The lowest BCUT2D eigenvalue weighted by Gasteiger charge is -2.19. The molecule has 0 bridgehead atoms. The average Bonchev–Trinajstić information content (AvgIpc) is 3.19. The molecule has 168 valence electrons. The maximum absolute atomic E-state index is 12.5. The number of amides is 2. The number of carbonyl (C=O) groups excluding carboxylic acids is 1. The molecule has 0 fully saturated rings. The van der Waals surface area contributed by atoms with Gasteiger partial charge in [0.25, 0.3) is 0 Å². The first-order chi connectivity index (χ1) is 16.0. The van der Waals surface area contributed by atoms with Crippen LogP contribution in [0.1, 0.15) is 22.7 Å². The Morgan fingerprint density at radius 1 is 1.21 bits per heavy atom. The molecule has 2 aromatic carbocycles. The van der Waals surface area contributed by atoms with Gasteiger partial charge in [-0.05, 0) is 17.7 Å². The SMILES string of the molecule is COC[C@@H](NC(=O)Nc1cc(N)c(C(=N)c2ccc3nnn(C)c3c2)cn1)c1ccccc1. The molecular formula is C23H24N8O2. The minimum atomic E-state index is -0.440. The summed E-state index contributed by atoms with van der Waals surface area (Å²) in [5.74, 6) is 0.275. The van der Waals surface area contributed by atoms with Gasteiger partial charge in [0, 0.05) is 43.2 Å². The Bertz CT molecular complexity index is 1300. The number of nitrogen functional groups attached to an aromatic ring is 1. The number of nitrogens with one attached hydrogen (secondary N) is 3. The minimum Gasteiger partial charge on any atom is -0.398 e. The summed E-state index contributed by atoms with van der Waals surface area (Å²) in [7, 11) is 3.37. The number of pyridine rings is 1. The molecule has 0 aliphatic rings. The summed E-state index contributed by atoms with van der Waals surface area (Å²) in [5.41, 5.74) is 10.3. The van der Waals surface area contributed by atoms with Crippen molar-refractivity contribution in [2.24, 2.45) is 7.05 Å². The molecule has 0 saturated carbocycles. The van der Waals surface area contributed by atoms with Gasteiger partial charge in [-0.3, -0.25) is 10.7 Å². The summed E-state index contributed by atoms with van der Waals surface area (Å²) in [4.78, 5) is 16.8. The number of carbonyl (C=O) groups is 1. The molecule has 2 aromatic heterocycles. The molecule has 10 heteroatoms. The molecular weight excluding hydrogens is 420 g/mol. The molecule has 5 N–H and O–H groups in total. The van der Waals surface area contributed by atoms with E-state index in [-0.39, 0.29) is 17.6 Å². The highest BCUT2D eigenvalue weighted by atomic mass is 16.5. The highest BCUT2D eigenvalue weighted by Gasteiger charge is 2.16. The standard InChI is InChI=1S/C23H24N8O2/c1-31-20-10-15(8-9-18(20)29-30-31)22(25)16-12-26-21(11-17(16)24)28-23(32)27-19(13-33-2)14-6-4-3-5-7-14/h3-12,19,25H,13H2,1-2H3,(H4,24,26,27,28,32)/t19-/m1/s1. The zero-order chi connectivity index (χ0) is 23.4. The Kier molecular flexibility index (Phi) is 6.27. The molecule has 2 amide bonds. The quantitative estimate of drug-likeness (QED) is 0.323. The number of nitrogens with zero attached hydrogens (tertiary/aromatic N) is 4. The summed E-state index contributed by atoms with van der Waals surface area (Å²) in [6.45, 7) is 0.319. The van der Waals surface area contributed by atoms with E-state index in [4.69, 9.17) is 15.9 Å². The fourth-order valence-corrected chi connectivity index (χ4v) is 3.47. The van der Waals surface area contributed by atoms with Crippen molar-refractivity contribution in [3.63, 3.8) is 0 Å². The second-order valence-corrected chi connectivity index (χ2v) is 7.47. The minimum absolute atomic E-state index is 0.211. The Labute approximate surface area is 190 Å². The molecule has 0 radical (unpaired) electrons. The van der Waals surface area contributed by atoms with Crippen LogP contribution in [-0.4, -0.2) is 45.4 Å². The number of hydrogen-bond donors (Lipinski definition) is 4. The molecule has 0 aliphatic carbocycles. The highest BCUT2D eigenvalue weighted by molar-refractivity contribution is 6.14. The van der Waals surface area contributed by atoms with Gasteiger partial charge in [0.1, 0.15) is 11.3 Å². The largest absolute Gasteiger partial charge is 0.398 e. The molecule has 0 saturated heterocycles. The van der Waals surface area contributed by atoms with Crippen LogP contribution in [0.2, 0.25) is 0 Å². The van der Waals surface area contributed by atoms with Gasteiger partial charge in [0.05, 0.1) is 23.9 Å². The van der Waals surface area contributed by atoms with E-state index in [2.05, 4.69) is 25.9 Å². The summed E-state index contributed by atoms with van der Waals surface area (Å²) >= 11 is 0. The predicted molar refractivity (Wildman–Crippen MR) is 126 cm³/mol. The zero-order valence-corrected chi connectivity index (χ0v) is 18.2. The molecule has 4 rings (SSSR count). The van der Waals surface area contributed by atoms with Crippen LogP contribution in [-0.2, 0) is 11.8 Å². The van der Waals surface area contributed by atoms with Crippen LogP contribution in [0.25, 0.3) is 11.0 Å². The van der Waals surface area contributed by atoms with E-state index in [1.54, 1.807) is 31.0 Å². The maximum Gasteiger partial charge on any atom is 0.320 e. The first-order valence-corrected chi connectivity index (χ1v) is 10.2. The van der Waals surface area contributed by atoms with Crippen LogP contribution >= 0.6 is 0 Å². The molecule has 1 atom stereocenters. The van der Waals surface area contributed by atoms with Gasteiger partial charge in [-0.1, -0.05) is 41.6 Å². The predicted octanol–water partition coefficient (Wildman–Crippen LogP) is 2.87. The lowest BCUT2D eigenvalue weighted by atomic mass is 10.0. The normalized spacial score (nSPS) is 11.8. The number of benzene rings is 2. The maximum atomic E-state index is 12.5. The second kappa shape index (κ2) is 9.45. The highest BCUT2D eigenvalue weighted by Crippen LogP contribution is 2.21. The summed E-state index contributed by atoms with van der Waals surface area (Å²) < 4.78 is 6.88. The number of urea groups is 1. The number of rotatable bonds is 7. The monoisotopic (exact) mass is 444 g/mol. The summed E-state index contributed by atoms with van der Waals surface area (Å²) in [5, 5.41) is 22.2. The molecule has 2 heterocycles. The van der Waals surface area contributed by atoms with Crippen LogP contribution in [0.15, 0.2) is 60.8 Å². The Morgan fingerprint density at radius 3 is 2.73 bits per heavy atom. The van der Waals surface area contributed by atoms with Crippen molar-refractivity contribution in [3.05, 3.63) is 77.5 Å². The third-order valence-electron chi connectivity index (χ3n) is 5.19. The van der Waals surface area contributed by atoms with Crippen molar-refractivity contribution >= 4 is 34.3 Å². The fraction of sp³-hybridized carbons (Fsp3) is 0.174. The third kappa shape index (κ3) is 4.80. The van der Waals surface area contributed by atoms with E-state index in [1.807, 2.05) is 36.4 Å². The fourth-order valence-electron chi connectivity index (χ4n) is 3.47. The van der Waals surface area contributed by atoms with Crippen LogP contribution in [0.5, 0.6) is 0 Å². The Hall–Kier alpha value is -4.31. The van der Waals surface area contributed by atoms with E-state index in [0.29, 0.717) is 23.4 Å². The number of methoxy groups -OCH3 is 1. The van der Waals surface area contributed by atoms with Gasteiger partial charge in [0.2, 0.25) is 0 Å². The zero-order valence-electron chi connectivity index (χ0n) is 18.2. The Balaban J connectivity index is 1.48. The van der Waals surface area contributed by atoms with Crippen molar-refractivity contribution in [2.45, 2.75) is 6.04 Å². The average molecular weight is 444 g/mol. The Morgan fingerprint density at radius 2 is 2.00 bits per heavy atom. The van der Waals surface area contributed by atoms with E-state index in [1.165, 1.54) is 12.3 Å². The van der Waals surface area contributed by atoms with Crippen molar-refractivity contribution in [1.29, 1.82) is 5.41 Å². The van der Waals surface area contributed by atoms with E-state index in [0.717, 1.165) is 16.6 Å². The summed E-state index contributed by atoms with van der Waals surface area (Å²) in [6.07, 6.45) is 1.48. The molecule has 0 unspecified atom stereocenters. The van der Waals surface area contributed by atoms with Crippen molar-refractivity contribution in [3.8, 4) is 0 Å². The van der Waals surface area contributed by atoms with Gasteiger partial charge < -0.3 is 15.8 Å². The smallest absolute Gasteiger partial charge is 0.320 e. The number of hydrogen-bond acceptors (Lipinski definition) is 7. The van der Waals surface area contributed by atoms with Gasteiger partial charge in [-0.2, -0.15) is 0 Å². The van der Waals surface area contributed by atoms with Crippen LogP contribution in [0.4, 0.5) is 16.3 Å². The topological polar surface area (TPSA) is 144 Å². The molecule has 33 heavy (non-hydrogen) atoms. The van der Waals surface area contributed by atoms with Crippen molar-refractivity contribution in [2.75, 3.05) is 24.8 Å². The third-order valence-corrected chi connectivity index (χ3v) is 5.19. The van der Waals surface area contributed by atoms with Crippen LogP contribution < -0.4 is 16.4 Å². The van der Waals surface area contributed by atoms with Gasteiger partial charge in [-0.15, -0.1) is 5.10 Å². The second-order valence-electron chi connectivity index (χ2n) is 7.47. The molecule has 0 aliphatic heterocycles. The first kappa shape index (κ1) is 21.9. The number of nitrogens with two attached hydrogens (primary N) is 1. The number of fused-ring (bicyclic) bond motifs is 1. The van der Waals surface area contributed by atoms with E-state index in [9.17, 15) is 4.79 Å². The first-order valence-electron chi connectivity index (χ1n) is 10.2. The van der Waals surface area contributed by atoms with Crippen LogP contribution in [0.3, 0.4) is 0 Å². The van der Waals surface area contributed by atoms with E-state index >= 15 is 0 Å². The van der Waals surface area contributed by atoms with Gasteiger partial charge >= 0.3 is 6.03 Å². The van der Waals surface area contributed by atoms with Crippen molar-refractivity contribution in [1.82, 2.24) is 25.3 Å². The molecule has 10 nitrogen and oxygen atoms in total. The van der Waals surface area contributed by atoms with Crippen molar-refractivity contribution < 1.29 is 9.53 Å². The number of aromatic nitrogens is 4. The lowest BCUT2D eigenvalue weighted by Crippen LogP contribution is -2.35. The van der Waals surface area contributed by atoms with Crippen LogP contribution in [0, 0.1) is 5.41 Å².